The summed E-state index contributed by atoms with van der Waals surface area (Å²) in [5, 5.41) is 0. The summed E-state index contributed by atoms with van der Waals surface area (Å²) in [5.74, 6) is -0.187. The van der Waals surface area contributed by atoms with Crippen molar-refractivity contribution in [2.24, 2.45) is 0 Å². The predicted octanol–water partition coefficient (Wildman–Crippen LogP) is 1.73. The summed E-state index contributed by atoms with van der Waals surface area (Å²) >= 11 is 0. The van der Waals surface area contributed by atoms with Crippen molar-refractivity contribution < 1.29 is 27.4 Å². The number of hydrogen-bond donors (Lipinski definition) is 1. The first-order valence-electron chi connectivity index (χ1n) is 7.37. The zero-order valence-electron chi connectivity index (χ0n) is 13.9. The molecule has 0 aliphatic heterocycles. The first kappa shape index (κ1) is 18.8. The molecule has 2 aromatic carbocycles. The van der Waals surface area contributed by atoms with Crippen LogP contribution in [0.4, 0.5) is 0 Å². The number of methoxy groups -OCH3 is 2. The average Bonchev–Trinajstić information content (AvgIpc) is 2.65. The van der Waals surface area contributed by atoms with Crippen LogP contribution in [0.5, 0.6) is 11.5 Å². The Morgan fingerprint density at radius 1 is 1.04 bits per heavy atom. The predicted molar refractivity (Wildman–Crippen MR) is 91.0 cm³/mol. The monoisotopic (exact) mass is 365 g/mol. The Balaban J connectivity index is 2.00. The van der Waals surface area contributed by atoms with Gasteiger partial charge < -0.3 is 14.2 Å². The summed E-state index contributed by atoms with van der Waals surface area (Å²) in [7, 11) is -1.19. The normalized spacial score (nSPS) is 11.0. The second kappa shape index (κ2) is 8.50. The lowest BCUT2D eigenvalue weighted by Gasteiger charge is -2.12. The number of carbonyl (C=O) groups excluding carboxylic acids is 1. The Hall–Kier alpha value is -2.58. The van der Waals surface area contributed by atoms with E-state index in [0.717, 1.165) is 5.56 Å². The molecule has 0 fully saturated rings. The summed E-state index contributed by atoms with van der Waals surface area (Å²) in [6, 6.07) is 13.5. The van der Waals surface area contributed by atoms with Gasteiger partial charge in [-0.05, 0) is 17.7 Å². The largest absolute Gasteiger partial charge is 0.497 e. The van der Waals surface area contributed by atoms with Gasteiger partial charge in [-0.1, -0.05) is 30.3 Å². The number of hydrogen-bond acceptors (Lipinski definition) is 6. The van der Waals surface area contributed by atoms with E-state index in [2.05, 4.69) is 4.72 Å². The Morgan fingerprint density at radius 3 is 2.40 bits per heavy atom. The van der Waals surface area contributed by atoms with Crippen LogP contribution in [-0.4, -0.2) is 35.2 Å². The van der Waals surface area contributed by atoms with Crippen LogP contribution in [-0.2, 0) is 26.2 Å². The van der Waals surface area contributed by atoms with Gasteiger partial charge >= 0.3 is 5.97 Å². The maximum Gasteiger partial charge on any atom is 0.321 e. The number of benzene rings is 2. The van der Waals surface area contributed by atoms with E-state index in [1.165, 1.54) is 26.4 Å². The van der Waals surface area contributed by atoms with Gasteiger partial charge in [0.25, 0.3) is 0 Å². The van der Waals surface area contributed by atoms with Gasteiger partial charge in [0, 0.05) is 6.07 Å². The van der Waals surface area contributed by atoms with Crippen molar-refractivity contribution in [2.75, 3.05) is 20.8 Å². The lowest BCUT2D eigenvalue weighted by molar-refractivity contribution is -0.143. The van der Waals surface area contributed by atoms with Gasteiger partial charge in [-0.15, -0.1) is 0 Å². The molecule has 25 heavy (non-hydrogen) atoms. The molecule has 0 radical (unpaired) electrons. The van der Waals surface area contributed by atoms with Crippen LogP contribution in [0.3, 0.4) is 0 Å². The van der Waals surface area contributed by atoms with Crippen molar-refractivity contribution in [1.29, 1.82) is 0 Å². The van der Waals surface area contributed by atoms with E-state index in [1.807, 2.05) is 18.2 Å². The molecule has 1 N–H and O–H groups in total. The minimum atomic E-state index is -3.97. The summed E-state index contributed by atoms with van der Waals surface area (Å²) in [5.41, 5.74) is 0.813. The van der Waals surface area contributed by atoms with Gasteiger partial charge in [0.15, 0.2) is 0 Å². The molecule has 8 heteroatoms. The molecule has 0 aromatic heterocycles. The fraction of sp³-hybridized carbons (Fsp3) is 0.235. The summed E-state index contributed by atoms with van der Waals surface area (Å²) in [6.45, 7) is -0.417. The van der Waals surface area contributed by atoms with E-state index >= 15 is 0 Å². The van der Waals surface area contributed by atoms with Crippen molar-refractivity contribution in [2.45, 2.75) is 11.5 Å². The molecule has 0 saturated carbocycles. The van der Waals surface area contributed by atoms with Crippen molar-refractivity contribution in [3.63, 3.8) is 0 Å². The van der Waals surface area contributed by atoms with E-state index in [-0.39, 0.29) is 17.3 Å². The first-order valence-corrected chi connectivity index (χ1v) is 8.86. The fourth-order valence-electron chi connectivity index (χ4n) is 2.01. The first-order chi connectivity index (χ1) is 12.0. The fourth-order valence-corrected chi connectivity index (χ4v) is 3.17. The average molecular weight is 365 g/mol. The Labute approximate surface area is 146 Å². The second-order valence-electron chi connectivity index (χ2n) is 4.99. The van der Waals surface area contributed by atoms with E-state index in [0.29, 0.717) is 5.75 Å². The van der Waals surface area contributed by atoms with Gasteiger partial charge in [-0.3, -0.25) is 4.79 Å². The Morgan fingerprint density at radius 2 is 1.76 bits per heavy atom. The SMILES string of the molecule is COc1ccc(OC)c(S(=O)(=O)NCC(=O)OCc2ccccc2)c1. The second-order valence-corrected chi connectivity index (χ2v) is 6.72. The lowest BCUT2D eigenvalue weighted by Crippen LogP contribution is -2.31. The Kier molecular flexibility index (Phi) is 6.37. The van der Waals surface area contributed by atoms with Crippen LogP contribution in [0, 0.1) is 0 Å². The quantitative estimate of drug-likeness (QED) is 0.717. The number of esters is 1. The molecule has 0 saturated heterocycles. The molecule has 0 heterocycles. The van der Waals surface area contributed by atoms with Crippen molar-refractivity contribution in [3.8, 4) is 11.5 Å². The van der Waals surface area contributed by atoms with Crippen molar-refractivity contribution in [1.82, 2.24) is 4.72 Å². The molecule has 2 aromatic rings. The highest BCUT2D eigenvalue weighted by atomic mass is 32.2. The highest BCUT2D eigenvalue weighted by molar-refractivity contribution is 7.89. The number of ether oxygens (including phenoxy) is 3. The molecular weight excluding hydrogens is 346 g/mol. The topological polar surface area (TPSA) is 90.9 Å². The zero-order chi connectivity index (χ0) is 18.3. The van der Waals surface area contributed by atoms with E-state index in [4.69, 9.17) is 14.2 Å². The molecule has 0 aliphatic rings. The van der Waals surface area contributed by atoms with Crippen LogP contribution in [0.2, 0.25) is 0 Å². The molecule has 0 atom stereocenters. The van der Waals surface area contributed by atoms with Gasteiger partial charge in [0.1, 0.15) is 29.5 Å². The van der Waals surface area contributed by atoms with Crippen LogP contribution in [0.1, 0.15) is 5.56 Å². The maximum atomic E-state index is 12.4. The smallest absolute Gasteiger partial charge is 0.321 e. The van der Waals surface area contributed by atoms with Gasteiger partial charge in [0.05, 0.1) is 14.2 Å². The molecule has 0 unspecified atom stereocenters. The molecule has 0 bridgehead atoms. The molecule has 7 nitrogen and oxygen atoms in total. The minimum absolute atomic E-state index is 0.0733. The number of nitrogens with one attached hydrogen (secondary N) is 1. The molecule has 0 amide bonds. The van der Waals surface area contributed by atoms with E-state index < -0.39 is 22.5 Å². The highest BCUT2D eigenvalue weighted by Gasteiger charge is 2.21. The third-order valence-electron chi connectivity index (χ3n) is 3.31. The summed E-state index contributed by atoms with van der Waals surface area (Å²) in [6.07, 6.45) is 0. The maximum absolute atomic E-state index is 12.4. The van der Waals surface area contributed by atoms with Crippen LogP contribution in [0.15, 0.2) is 53.4 Å². The molecule has 0 spiro atoms. The van der Waals surface area contributed by atoms with Gasteiger partial charge in [-0.2, -0.15) is 4.72 Å². The van der Waals surface area contributed by atoms with Crippen molar-refractivity contribution >= 4 is 16.0 Å². The standard InChI is InChI=1S/C17H19NO6S/c1-22-14-8-9-15(23-2)16(10-14)25(20,21)18-11-17(19)24-12-13-6-4-3-5-7-13/h3-10,18H,11-12H2,1-2H3. The van der Waals surface area contributed by atoms with Crippen LogP contribution >= 0.6 is 0 Å². The van der Waals surface area contributed by atoms with Crippen molar-refractivity contribution in [3.05, 3.63) is 54.1 Å². The molecule has 2 rings (SSSR count). The van der Waals surface area contributed by atoms with Gasteiger partial charge in [-0.25, -0.2) is 8.42 Å². The molecular formula is C17H19NO6S. The zero-order valence-corrected chi connectivity index (χ0v) is 14.7. The third kappa shape index (κ3) is 5.20. The molecule has 0 aliphatic carbocycles. The molecule has 134 valence electrons. The number of rotatable bonds is 8. The summed E-state index contributed by atoms with van der Waals surface area (Å²) < 4.78 is 42.1. The van der Waals surface area contributed by atoms with Gasteiger partial charge in [0.2, 0.25) is 10.0 Å². The summed E-state index contributed by atoms with van der Waals surface area (Å²) in [4.78, 5) is 11.6. The number of carbonyl (C=O) groups is 1. The van der Waals surface area contributed by atoms with E-state index in [9.17, 15) is 13.2 Å². The number of sulfonamides is 1. The Bertz CT molecular complexity index is 820. The minimum Gasteiger partial charge on any atom is -0.497 e. The lowest BCUT2D eigenvalue weighted by atomic mass is 10.2. The third-order valence-corrected chi connectivity index (χ3v) is 4.73. The van der Waals surface area contributed by atoms with E-state index in [1.54, 1.807) is 18.2 Å². The highest BCUT2D eigenvalue weighted by Crippen LogP contribution is 2.27. The van der Waals surface area contributed by atoms with Crippen LogP contribution < -0.4 is 14.2 Å². The van der Waals surface area contributed by atoms with Crippen LogP contribution in [0.25, 0.3) is 0 Å².